The molecule has 1 aromatic rings. The van der Waals surface area contributed by atoms with Crippen molar-refractivity contribution in [1.29, 1.82) is 0 Å². The Bertz CT molecular complexity index is 334. The van der Waals surface area contributed by atoms with Crippen LogP contribution in [0.15, 0.2) is 12.5 Å². The van der Waals surface area contributed by atoms with Gasteiger partial charge < -0.3 is 4.98 Å². The van der Waals surface area contributed by atoms with E-state index >= 15 is 0 Å². The number of nitrogens with one attached hydrogen (secondary N) is 1. The second-order valence-electron chi connectivity index (χ2n) is 6.53. The Kier molecular flexibility index (Phi) is 5.47. The topological polar surface area (TPSA) is 28.7 Å². The third kappa shape index (κ3) is 3.61. The highest BCUT2D eigenvalue weighted by Crippen LogP contribution is 2.41. The molecule has 0 radical (unpaired) electrons. The summed E-state index contributed by atoms with van der Waals surface area (Å²) >= 11 is 0. The van der Waals surface area contributed by atoms with Crippen LogP contribution in [0.1, 0.15) is 83.7 Å². The minimum absolute atomic E-state index is 0.301. The lowest BCUT2D eigenvalue weighted by atomic mass is 9.68. The van der Waals surface area contributed by atoms with Crippen LogP contribution < -0.4 is 0 Å². The first-order valence-corrected chi connectivity index (χ1v) is 8.26. The van der Waals surface area contributed by atoms with Crippen molar-refractivity contribution < 1.29 is 0 Å². The van der Waals surface area contributed by atoms with Crippen LogP contribution in [0.25, 0.3) is 0 Å². The maximum atomic E-state index is 4.27. The van der Waals surface area contributed by atoms with Gasteiger partial charge in [0.25, 0.3) is 0 Å². The highest BCUT2D eigenvalue weighted by atomic mass is 14.9. The molecule has 1 aliphatic rings. The molecule has 0 saturated heterocycles. The van der Waals surface area contributed by atoms with Crippen molar-refractivity contribution in [1.82, 2.24) is 9.97 Å². The molecule has 0 bridgehead atoms. The molecule has 108 valence electrons. The summed E-state index contributed by atoms with van der Waals surface area (Å²) in [4.78, 5) is 7.67. The van der Waals surface area contributed by atoms with E-state index in [1.165, 1.54) is 69.9 Å². The van der Waals surface area contributed by atoms with Crippen LogP contribution in [0.5, 0.6) is 0 Å². The van der Waals surface area contributed by atoms with Crippen molar-refractivity contribution in [2.24, 2.45) is 5.92 Å². The van der Waals surface area contributed by atoms with E-state index in [-0.39, 0.29) is 0 Å². The Morgan fingerprint density at radius 2 is 1.79 bits per heavy atom. The van der Waals surface area contributed by atoms with Gasteiger partial charge in [-0.1, -0.05) is 58.8 Å². The molecule has 2 nitrogen and oxygen atoms in total. The minimum atomic E-state index is 0.301. The van der Waals surface area contributed by atoms with E-state index in [1.54, 1.807) is 0 Å². The Hall–Kier alpha value is -0.790. The molecule has 1 unspecified atom stereocenters. The number of nitrogens with zero attached hydrogens (tertiary/aromatic N) is 1. The van der Waals surface area contributed by atoms with Gasteiger partial charge in [0.15, 0.2) is 0 Å². The summed E-state index contributed by atoms with van der Waals surface area (Å²) in [5, 5.41) is 0. The van der Waals surface area contributed by atoms with Gasteiger partial charge in [0, 0.05) is 17.3 Å². The SMILES string of the molecule is CCCC(C)(c1cnc[nH]1)C1CCCCCCCC1. The van der Waals surface area contributed by atoms with E-state index < -0.39 is 0 Å². The van der Waals surface area contributed by atoms with Crippen LogP contribution in [0, 0.1) is 5.92 Å². The molecule has 1 aliphatic carbocycles. The zero-order valence-electron chi connectivity index (χ0n) is 12.8. The second kappa shape index (κ2) is 7.12. The highest BCUT2D eigenvalue weighted by Gasteiger charge is 2.35. The third-order valence-corrected chi connectivity index (χ3v) is 5.14. The number of aromatic amines is 1. The average molecular weight is 262 g/mol. The predicted octanol–water partition coefficient (Wildman–Crippen LogP) is 5.22. The van der Waals surface area contributed by atoms with Crippen LogP contribution >= 0.6 is 0 Å². The number of imidazole rings is 1. The lowest BCUT2D eigenvalue weighted by Gasteiger charge is -2.37. The molecular formula is C17H30N2. The molecule has 0 aromatic carbocycles. The van der Waals surface area contributed by atoms with Gasteiger partial charge in [-0.3, -0.25) is 0 Å². The molecule has 0 amide bonds. The van der Waals surface area contributed by atoms with Gasteiger partial charge in [0.2, 0.25) is 0 Å². The molecule has 2 rings (SSSR count). The molecule has 19 heavy (non-hydrogen) atoms. The Labute approximate surface area is 118 Å². The minimum Gasteiger partial charge on any atom is -0.348 e. The highest BCUT2D eigenvalue weighted by molar-refractivity contribution is 5.14. The molecule has 1 heterocycles. The molecule has 1 aromatic heterocycles. The Morgan fingerprint density at radius 3 is 2.32 bits per heavy atom. The van der Waals surface area contributed by atoms with E-state index in [9.17, 15) is 0 Å². The maximum Gasteiger partial charge on any atom is 0.0921 e. The average Bonchev–Trinajstić information content (AvgIpc) is 2.97. The van der Waals surface area contributed by atoms with Crippen LogP contribution in [-0.2, 0) is 5.41 Å². The van der Waals surface area contributed by atoms with Crippen molar-refractivity contribution in [3.8, 4) is 0 Å². The molecule has 2 heteroatoms. The van der Waals surface area contributed by atoms with Crippen molar-refractivity contribution in [3.63, 3.8) is 0 Å². The van der Waals surface area contributed by atoms with E-state index in [2.05, 4.69) is 30.0 Å². The zero-order valence-corrected chi connectivity index (χ0v) is 12.8. The van der Waals surface area contributed by atoms with Crippen molar-refractivity contribution in [2.45, 2.75) is 83.5 Å². The van der Waals surface area contributed by atoms with Gasteiger partial charge in [0.05, 0.1) is 6.33 Å². The smallest absolute Gasteiger partial charge is 0.0921 e. The van der Waals surface area contributed by atoms with Gasteiger partial charge >= 0.3 is 0 Å². The molecule has 0 aliphatic heterocycles. The molecule has 1 saturated carbocycles. The summed E-state index contributed by atoms with van der Waals surface area (Å²) in [5.41, 5.74) is 1.66. The monoisotopic (exact) mass is 262 g/mol. The van der Waals surface area contributed by atoms with Crippen LogP contribution in [0.2, 0.25) is 0 Å². The molecule has 1 fully saturated rings. The van der Waals surface area contributed by atoms with Gasteiger partial charge in [-0.25, -0.2) is 4.98 Å². The maximum absolute atomic E-state index is 4.27. The van der Waals surface area contributed by atoms with Crippen molar-refractivity contribution >= 4 is 0 Å². The summed E-state index contributed by atoms with van der Waals surface area (Å²) < 4.78 is 0. The fourth-order valence-electron chi connectivity index (χ4n) is 3.92. The number of hydrogen-bond acceptors (Lipinski definition) is 1. The Balaban J connectivity index is 2.15. The molecule has 1 N–H and O–H groups in total. The predicted molar refractivity (Wildman–Crippen MR) is 81.3 cm³/mol. The van der Waals surface area contributed by atoms with E-state index in [0.29, 0.717) is 5.41 Å². The van der Waals surface area contributed by atoms with Crippen LogP contribution in [0.4, 0.5) is 0 Å². The van der Waals surface area contributed by atoms with E-state index in [4.69, 9.17) is 0 Å². The van der Waals surface area contributed by atoms with Crippen molar-refractivity contribution in [3.05, 3.63) is 18.2 Å². The second-order valence-corrected chi connectivity index (χ2v) is 6.53. The fraction of sp³-hybridized carbons (Fsp3) is 0.824. The number of hydrogen-bond donors (Lipinski definition) is 1. The normalized spacial score (nSPS) is 22.2. The fourth-order valence-corrected chi connectivity index (χ4v) is 3.92. The summed E-state index contributed by atoms with van der Waals surface area (Å²) in [6.07, 6.45) is 17.8. The molecule has 0 spiro atoms. The van der Waals surface area contributed by atoms with Gasteiger partial charge in [-0.05, 0) is 25.2 Å². The number of aromatic nitrogens is 2. The first kappa shape index (κ1) is 14.6. The molecular weight excluding hydrogens is 232 g/mol. The third-order valence-electron chi connectivity index (χ3n) is 5.14. The standard InChI is InChI=1S/C17H30N2/c1-3-12-17(2,16-13-18-14-19-16)15-10-8-6-4-5-7-9-11-15/h13-15H,3-12H2,1-2H3,(H,18,19). The van der Waals surface area contributed by atoms with Gasteiger partial charge in [-0.2, -0.15) is 0 Å². The number of H-pyrrole nitrogens is 1. The lowest BCUT2D eigenvalue weighted by molar-refractivity contribution is 0.227. The number of rotatable bonds is 4. The summed E-state index contributed by atoms with van der Waals surface area (Å²) in [7, 11) is 0. The summed E-state index contributed by atoms with van der Waals surface area (Å²) in [6.45, 7) is 4.77. The first-order chi connectivity index (χ1) is 9.27. The lowest BCUT2D eigenvalue weighted by Crippen LogP contribution is -2.32. The largest absolute Gasteiger partial charge is 0.348 e. The van der Waals surface area contributed by atoms with Gasteiger partial charge in [-0.15, -0.1) is 0 Å². The summed E-state index contributed by atoms with van der Waals surface area (Å²) in [6, 6.07) is 0. The van der Waals surface area contributed by atoms with Crippen molar-refractivity contribution in [2.75, 3.05) is 0 Å². The first-order valence-electron chi connectivity index (χ1n) is 8.26. The van der Waals surface area contributed by atoms with Gasteiger partial charge in [0.1, 0.15) is 0 Å². The quantitative estimate of drug-likeness (QED) is 0.792. The van der Waals surface area contributed by atoms with E-state index in [0.717, 1.165) is 5.92 Å². The zero-order chi connectivity index (χ0) is 13.6. The molecule has 1 atom stereocenters. The van der Waals surface area contributed by atoms with Crippen LogP contribution in [-0.4, -0.2) is 9.97 Å². The Morgan fingerprint density at radius 1 is 1.16 bits per heavy atom. The van der Waals surface area contributed by atoms with Crippen LogP contribution in [0.3, 0.4) is 0 Å². The van der Waals surface area contributed by atoms with E-state index in [1.807, 2.05) is 6.33 Å². The summed E-state index contributed by atoms with van der Waals surface area (Å²) in [5.74, 6) is 0.825.